The van der Waals surface area contributed by atoms with Gasteiger partial charge in [0.1, 0.15) is 0 Å². The lowest BCUT2D eigenvalue weighted by Crippen LogP contribution is -2.50. The van der Waals surface area contributed by atoms with Crippen molar-refractivity contribution in [2.45, 2.75) is 58.9 Å². The summed E-state index contributed by atoms with van der Waals surface area (Å²) in [4.78, 5) is 2.66. The van der Waals surface area contributed by atoms with Crippen LogP contribution in [0.5, 0.6) is 0 Å². The number of rotatable bonds is 6. The summed E-state index contributed by atoms with van der Waals surface area (Å²) < 4.78 is 0. The minimum absolute atomic E-state index is 0.651. The first-order chi connectivity index (χ1) is 7.72. The zero-order valence-corrected chi connectivity index (χ0v) is 11.4. The molecule has 0 aromatic rings. The van der Waals surface area contributed by atoms with E-state index >= 15 is 0 Å². The Labute approximate surface area is 102 Å². The van der Waals surface area contributed by atoms with Crippen LogP contribution in [0, 0.1) is 11.8 Å². The van der Waals surface area contributed by atoms with E-state index in [1.54, 1.807) is 0 Å². The Morgan fingerprint density at radius 2 is 2.12 bits per heavy atom. The van der Waals surface area contributed by atoms with Gasteiger partial charge in [-0.05, 0) is 37.6 Å². The van der Waals surface area contributed by atoms with E-state index in [4.69, 9.17) is 5.73 Å². The summed E-state index contributed by atoms with van der Waals surface area (Å²) in [5.74, 6) is 1.67. The van der Waals surface area contributed by atoms with Gasteiger partial charge >= 0.3 is 0 Å². The maximum Gasteiger partial charge on any atom is 0.0246 e. The largest absolute Gasteiger partial charge is 0.329 e. The third-order valence-electron chi connectivity index (χ3n) is 4.13. The van der Waals surface area contributed by atoms with Crippen molar-refractivity contribution in [3.05, 3.63) is 0 Å². The molecule has 96 valence electrons. The highest BCUT2D eigenvalue weighted by Crippen LogP contribution is 2.26. The van der Waals surface area contributed by atoms with Crippen LogP contribution in [0.4, 0.5) is 0 Å². The molecular formula is C14H30N2. The van der Waals surface area contributed by atoms with Crippen molar-refractivity contribution in [2.75, 3.05) is 19.6 Å². The van der Waals surface area contributed by atoms with Crippen LogP contribution < -0.4 is 5.73 Å². The lowest BCUT2D eigenvalue weighted by Gasteiger charge is -2.41. The van der Waals surface area contributed by atoms with E-state index < -0.39 is 0 Å². The Kier molecular flexibility index (Phi) is 6.37. The van der Waals surface area contributed by atoms with Crippen molar-refractivity contribution in [3.8, 4) is 0 Å². The van der Waals surface area contributed by atoms with Crippen molar-refractivity contribution < 1.29 is 0 Å². The summed E-state index contributed by atoms with van der Waals surface area (Å²) in [7, 11) is 0. The van der Waals surface area contributed by atoms with Gasteiger partial charge in [-0.3, -0.25) is 4.90 Å². The maximum absolute atomic E-state index is 5.97. The molecule has 0 saturated carbocycles. The zero-order chi connectivity index (χ0) is 12.0. The summed E-state index contributed by atoms with van der Waals surface area (Å²) in [5, 5.41) is 0. The van der Waals surface area contributed by atoms with Crippen LogP contribution in [-0.4, -0.2) is 30.6 Å². The van der Waals surface area contributed by atoms with E-state index in [9.17, 15) is 0 Å². The second kappa shape index (κ2) is 7.29. The van der Waals surface area contributed by atoms with E-state index in [-0.39, 0.29) is 0 Å². The normalized spacial score (nSPS) is 29.2. The second-order valence-corrected chi connectivity index (χ2v) is 5.50. The molecular weight excluding hydrogens is 196 g/mol. The van der Waals surface area contributed by atoms with Crippen LogP contribution in [0.1, 0.15) is 52.9 Å². The van der Waals surface area contributed by atoms with Crippen LogP contribution in [0.2, 0.25) is 0 Å². The molecule has 0 aliphatic carbocycles. The third kappa shape index (κ3) is 3.74. The molecule has 2 heteroatoms. The Balaban J connectivity index is 2.49. The van der Waals surface area contributed by atoms with Crippen LogP contribution in [0.3, 0.4) is 0 Å². The first-order valence-corrected chi connectivity index (χ1v) is 7.17. The number of piperidine rings is 1. The number of nitrogens with two attached hydrogens (primary N) is 1. The highest BCUT2D eigenvalue weighted by molar-refractivity contribution is 4.85. The Bertz CT molecular complexity index is 182. The van der Waals surface area contributed by atoms with Gasteiger partial charge in [0.15, 0.2) is 0 Å². The summed E-state index contributed by atoms with van der Waals surface area (Å²) in [6.45, 7) is 10.3. The molecule has 1 aliphatic heterocycles. The summed E-state index contributed by atoms with van der Waals surface area (Å²) in [6.07, 6.45) is 6.70. The molecule has 1 rings (SSSR count). The van der Waals surface area contributed by atoms with Crippen LogP contribution in [0.25, 0.3) is 0 Å². The predicted molar refractivity (Wildman–Crippen MR) is 71.5 cm³/mol. The lowest BCUT2D eigenvalue weighted by atomic mass is 9.86. The average Bonchev–Trinajstić information content (AvgIpc) is 2.29. The Morgan fingerprint density at radius 3 is 2.69 bits per heavy atom. The topological polar surface area (TPSA) is 29.3 Å². The fourth-order valence-electron chi connectivity index (χ4n) is 3.24. The van der Waals surface area contributed by atoms with Gasteiger partial charge in [-0.2, -0.15) is 0 Å². The molecule has 1 aliphatic rings. The van der Waals surface area contributed by atoms with Gasteiger partial charge in [-0.15, -0.1) is 0 Å². The van der Waals surface area contributed by atoms with Crippen molar-refractivity contribution >= 4 is 0 Å². The van der Waals surface area contributed by atoms with Gasteiger partial charge in [-0.1, -0.05) is 33.6 Å². The van der Waals surface area contributed by atoms with Gasteiger partial charge in [0.25, 0.3) is 0 Å². The number of hydrogen-bond donors (Lipinski definition) is 1. The average molecular weight is 226 g/mol. The predicted octanol–water partition coefficient (Wildman–Crippen LogP) is 2.87. The van der Waals surface area contributed by atoms with Crippen LogP contribution in [0.15, 0.2) is 0 Å². The third-order valence-corrected chi connectivity index (χ3v) is 4.13. The van der Waals surface area contributed by atoms with Gasteiger partial charge in [-0.25, -0.2) is 0 Å². The van der Waals surface area contributed by atoms with E-state index in [2.05, 4.69) is 25.7 Å². The first-order valence-electron chi connectivity index (χ1n) is 7.17. The van der Waals surface area contributed by atoms with E-state index in [0.29, 0.717) is 6.04 Å². The van der Waals surface area contributed by atoms with Crippen molar-refractivity contribution in [2.24, 2.45) is 17.6 Å². The number of nitrogens with zero attached hydrogens (tertiary/aromatic N) is 1. The molecule has 16 heavy (non-hydrogen) atoms. The fourth-order valence-corrected chi connectivity index (χ4v) is 3.24. The maximum atomic E-state index is 5.97. The van der Waals surface area contributed by atoms with Gasteiger partial charge in [0, 0.05) is 19.1 Å². The summed E-state index contributed by atoms with van der Waals surface area (Å²) in [6, 6.07) is 0.651. The minimum atomic E-state index is 0.651. The molecule has 0 bridgehead atoms. The molecule has 3 unspecified atom stereocenters. The quantitative estimate of drug-likeness (QED) is 0.754. The van der Waals surface area contributed by atoms with Crippen LogP contribution in [-0.2, 0) is 0 Å². The molecule has 1 saturated heterocycles. The Hall–Kier alpha value is -0.0800. The van der Waals surface area contributed by atoms with Crippen molar-refractivity contribution in [1.29, 1.82) is 0 Å². The molecule has 2 N–H and O–H groups in total. The van der Waals surface area contributed by atoms with E-state index in [1.807, 2.05) is 0 Å². The van der Waals surface area contributed by atoms with Gasteiger partial charge in [0.05, 0.1) is 0 Å². The summed E-state index contributed by atoms with van der Waals surface area (Å²) >= 11 is 0. The number of likely N-dealkylation sites (tertiary alicyclic amines) is 1. The van der Waals surface area contributed by atoms with Gasteiger partial charge < -0.3 is 5.73 Å². The molecule has 0 amide bonds. The lowest BCUT2D eigenvalue weighted by molar-refractivity contribution is 0.0800. The molecule has 3 atom stereocenters. The van der Waals surface area contributed by atoms with Gasteiger partial charge in [0.2, 0.25) is 0 Å². The molecule has 1 fully saturated rings. The minimum Gasteiger partial charge on any atom is -0.329 e. The fraction of sp³-hybridized carbons (Fsp3) is 1.00. The first kappa shape index (κ1) is 14.0. The van der Waals surface area contributed by atoms with E-state index in [0.717, 1.165) is 18.4 Å². The molecule has 0 aromatic heterocycles. The molecule has 0 aromatic carbocycles. The summed E-state index contributed by atoms with van der Waals surface area (Å²) in [5.41, 5.74) is 5.97. The SMILES string of the molecule is CCCC(C)CN1CCCC(CC)C1CN. The Morgan fingerprint density at radius 1 is 1.38 bits per heavy atom. The second-order valence-electron chi connectivity index (χ2n) is 5.50. The molecule has 0 radical (unpaired) electrons. The highest BCUT2D eigenvalue weighted by Gasteiger charge is 2.29. The standard InChI is InChI=1S/C14H30N2/c1-4-7-12(3)11-16-9-6-8-13(5-2)14(16)10-15/h12-14H,4-11,15H2,1-3H3. The monoisotopic (exact) mass is 226 g/mol. The van der Waals surface area contributed by atoms with Crippen LogP contribution >= 0.6 is 0 Å². The molecule has 2 nitrogen and oxygen atoms in total. The zero-order valence-electron chi connectivity index (χ0n) is 11.4. The molecule has 1 heterocycles. The highest BCUT2D eigenvalue weighted by atomic mass is 15.2. The van der Waals surface area contributed by atoms with Crippen molar-refractivity contribution in [1.82, 2.24) is 4.90 Å². The van der Waals surface area contributed by atoms with Crippen molar-refractivity contribution in [3.63, 3.8) is 0 Å². The van der Waals surface area contributed by atoms with E-state index in [1.165, 1.54) is 45.2 Å². The molecule has 0 spiro atoms. The smallest absolute Gasteiger partial charge is 0.0246 e. The number of hydrogen-bond acceptors (Lipinski definition) is 2.